The maximum Gasteiger partial charge on any atom is 0.320 e. The number of carbonyl (C=O) groups excluding carboxylic acids is 1. The van der Waals surface area contributed by atoms with Crippen LogP contribution >= 0.6 is 0 Å². The molecule has 1 aliphatic rings. The number of ether oxygens (including phenoxy) is 2. The van der Waals surface area contributed by atoms with Crippen molar-refractivity contribution in [1.82, 2.24) is 0 Å². The lowest BCUT2D eigenvalue weighted by molar-refractivity contribution is -0.146. The number of carbonyl (C=O) groups is 1. The topological polar surface area (TPSA) is 65.7 Å². The average Bonchev–Trinajstić information content (AvgIpc) is 3.51. The molecular weight excluding hydrogens is 380 g/mol. The maximum atomic E-state index is 13.0. The summed E-state index contributed by atoms with van der Waals surface area (Å²) in [6, 6.07) is 18.2. The minimum atomic E-state index is -0.979. The van der Waals surface area contributed by atoms with Crippen LogP contribution in [0.3, 0.4) is 0 Å². The van der Waals surface area contributed by atoms with Gasteiger partial charge in [-0.1, -0.05) is 29.8 Å². The highest BCUT2D eigenvalue weighted by atomic mass is 16.5. The molecule has 154 valence electrons. The molecule has 1 fully saturated rings. The fraction of sp³-hybridized carbons (Fsp3) is 0.280. The summed E-state index contributed by atoms with van der Waals surface area (Å²) >= 11 is 0. The van der Waals surface area contributed by atoms with Crippen molar-refractivity contribution in [3.8, 4) is 17.1 Å². The molecule has 5 nitrogen and oxygen atoms in total. The highest BCUT2D eigenvalue weighted by Gasteiger charge is 2.65. The number of esters is 1. The van der Waals surface area contributed by atoms with Crippen molar-refractivity contribution in [3.63, 3.8) is 0 Å². The van der Waals surface area contributed by atoms with Gasteiger partial charge < -0.3 is 13.9 Å². The van der Waals surface area contributed by atoms with Crippen LogP contribution in [0.15, 0.2) is 69.9 Å². The molecule has 0 aliphatic heterocycles. The predicted molar refractivity (Wildman–Crippen MR) is 114 cm³/mol. The highest BCUT2D eigenvalue weighted by molar-refractivity contribution is 5.88. The fourth-order valence-corrected chi connectivity index (χ4v) is 3.92. The van der Waals surface area contributed by atoms with Gasteiger partial charge in [0, 0.05) is 23.6 Å². The lowest BCUT2D eigenvalue weighted by Crippen LogP contribution is -2.26. The van der Waals surface area contributed by atoms with Crippen LogP contribution in [0.1, 0.15) is 36.1 Å². The zero-order valence-electron chi connectivity index (χ0n) is 17.3. The summed E-state index contributed by atoms with van der Waals surface area (Å²) in [5, 5.41) is 0. The molecule has 1 aliphatic carbocycles. The van der Waals surface area contributed by atoms with Crippen molar-refractivity contribution in [2.45, 2.75) is 31.6 Å². The van der Waals surface area contributed by atoms with Crippen molar-refractivity contribution in [3.05, 3.63) is 87.8 Å². The van der Waals surface area contributed by atoms with Crippen LogP contribution in [-0.4, -0.2) is 19.7 Å². The number of rotatable bonds is 6. The molecule has 2 aromatic carbocycles. The normalized spacial score (nSPS) is 19.9. The van der Waals surface area contributed by atoms with Gasteiger partial charge in [0.1, 0.15) is 22.7 Å². The monoisotopic (exact) mass is 404 g/mol. The molecule has 0 unspecified atom stereocenters. The van der Waals surface area contributed by atoms with Gasteiger partial charge in [-0.05, 0) is 50.1 Å². The van der Waals surface area contributed by atoms with Crippen LogP contribution in [0.4, 0.5) is 0 Å². The standard InChI is InChI=1S/C25H24O5/c1-4-29-24(27)25(15-21(25)17-7-5-16(2)6-8-17)23-14-19(26)13-22(30-23)18-9-11-20(28-3)12-10-18/h5-14,21H,4,15H2,1-3H3/t21-,25+/m0/s1. The largest absolute Gasteiger partial charge is 0.497 e. The van der Waals surface area contributed by atoms with Crippen molar-refractivity contribution < 1.29 is 18.7 Å². The van der Waals surface area contributed by atoms with Gasteiger partial charge in [-0.25, -0.2) is 0 Å². The van der Waals surface area contributed by atoms with Crippen LogP contribution < -0.4 is 10.2 Å². The van der Waals surface area contributed by atoms with Gasteiger partial charge in [0.2, 0.25) is 0 Å². The van der Waals surface area contributed by atoms with E-state index in [0.29, 0.717) is 23.7 Å². The lowest BCUT2D eigenvalue weighted by atomic mass is 9.95. The van der Waals surface area contributed by atoms with E-state index in [2.05, 4.69) is 0 Å². The molecule has 1 saturated carbocycles. The van der Waals surface area contributed by atoms with Gasteiger partial charge in [0.15, 0.2) is 5.43 Å². The highest BCUT2D eigenvalue weighted by Crippen LogP contribution is 2.61. The summed E-state index contributed by atoms with van der Waals surface area (Å²) < 4.78 is 16.7. The molecule has 0 radical (unpaired) electrons. The van der Waals surface area contributed by atoms with E-state index in [1.165, 1.54) is 12.1 Å². The second-order valence-corrected chi connectivity index (χ2v) is 7.61. The van der Waals surface area contributed by atoms with E-state index in [-0.39, 0.29) is 23.9 Å². The third-order valence-electron chi connectivity index (χ3n) is 5.66. The fourth-order valence-electron chi connectivity index (χ4n) is 3.92. The molecule has 1 heterocycles. The van der Waals surface area contributed by atoms with Gasteiger partial charge in [0.25, 0.3) is 0 Å². The van der Waals surface area contributed by atoms with Crippen LogP contribution in [0.2, 0.25) is 0 Å². The van der Waals surface area contributed by atoms with Gasteiger partial charge in [-0.3, -0.25) is 9.59 Å². The molecule has 0 bridgehead atoms. The Morgan fingerprint density at radius 1 is 1.10 bits per heavy atom. The van der Waals surface area contributed by atoms with E-state index >= 15 is 0 Å². The zero-order chi connectivity index (χ0) is 21.3. The van der Waals surface area contributed by atoms with E-state index in [0.717, 1.165) is 16.7 Å². The number of methoxy groups -OCH3 is 1. The van der Waals surface area contributed by atoms with Crippen LogP contribution in [0, 0.1) is 6.92 Å². The molecule has 1 aromatic heterocycles. The summed E-state index contributed by atoms with van der Waals surface area (Å²) in [4.78, 5) is 25.5. The quantitative estimate of drug-likeness (QED) is 0.561. The van der Waals surface area contributed by atoms with Crippen molar-refractivity contribution >= 4 is 5.97 Å². The Morgan fingerprint density at radius 3 is 2.43 bits per heavy atom. The van der Waals surface area contributed by atoms with E-state index in [1.54, 1.807) is 26.2 Å². The van der Waals surface area contributed by atoms with Crippen molar-refractivity contribution in [2.24, 2.45) is 0 Å². The number of hydrogen-bond acceptors (Lipinski definition) is 5. The van der Waals surface area contributed by atoms with Crippen molar-refractivity contribution in [1.29, 1.82) is 0 Å². The van der Waals surface area contributed by atoms with Crippen LogP contribution in [0.5, 0.6) is 5.75 Å². The number of aryl methyl sites for hydroxylation is 1. The molecule has 0 N–H and O–H groups in total. The molecule has 0 amide bonds. The Hall–Kier alpha value is -3.34. The van der Waals surface area contributed by atoms with Gasteiger partial charge >= 0.3 is 5.97 Å². The molecule has 0 saturated heterocycles. The summed E-state index contributed by atoms with van der Waals surface area (Å²) in [6.07, 6.45) is 0.546. The van der Waals surface area contributed by atoms with Crippen LogP contribution in [-0.2, 0) is 14.9 Å². The second kappa shape index (κ2) is 7.82. The summed E-state index contributed by atoms with van der Waals surface area (Å²) in [5.74, 6) is 1.03. The Labute approximate surface area is 175 Å². The predicted octanol–water partition coefficient (Wildman–Crippen LogP) is 4.61. The van der Waals surface area contributed by atoms with Gasteiger partial charge in [0.05, 0.1) is 13.7 Å². The van der Waals surface area contributed by atoms with Gasteiger partial charge in [-0.2, -0.15) is 0 Å². The third kappa shape index (κ3) is 3.52. The Balaban J connectivity index is 1.78. The Kier molecular flexibility index (Phi) is 5.20. The molecule has 2 atom stereocenters. The molecule has 3 aromatic rings. The molecule has 0 spiro atoms. The first-order valence-corrected chi connectivity index (χ1v) is 10.0. The van der Waals surface area contributed by atoms with E-state index in [4.69, 9.17) is 13.9 Å². The summed E-state index contributed by atoms with van der Waals surface area (Å²) in [6.45, 7) is 4.06. The smallest absolute Gasteiger partial charge is 0.320 e. The number of benzene rings is 2. The van der Waals surface area contributed by atoms with Crippen molar-refractivity contribution in [2.75, 3.05) is 13.7 Å². The average molecular weight is 404 g/mol. The van der Waals surface area contributed by atoms with E-state index in [9.17, 15) is 9.59 Å². The molecular formula is C25H24O5. The first-order chi connectivity index (χ1) is 14.5. The SMILES string of the molecule is CCOC(=O)[C@]1(c2cc(=O)cc(-c3ccc(OC)cc3)o2)C[C@H]1c1ccc(C)cc1. The van der Waals surface area contributed by atoms with E-state index < -0.39 is 5.41 Å². The van der Waals surface area contributed by atoms with E-state index in [1.807, 2.05) is 43.3 Å². The Morgan fingerprint density at radius 2 is 1.80 bits per heavy atom. The summed E-state index contributed by atoms with van der Waals surface area (Å²) in [7, 11) is 1.59. The maximum absolute atomic E-state index is 13.0. The first-order valence-electron chi connectivity index (χ1n) is 10.0. The zero-order valence-corrected chi connectivity index (χ0v) is 17.3. The minimum absolute atomic E-state index is 0.0913. The lowest BCUT2D eigenvalue weighted by Gasteiger charge is -2.16. The van der Waals surface area contributed by atoms with Crippen LogP contribution in [0.25, 0.3) is 11.3 Å². The molecule has 4 rings (SSSR count). The summed E-state index contributed by atoms with van der Waals surface area (Å²) in [5.41, 5.74) is 1.73. The Bertz CT molecular complexity index is 1110. The first kappa shape index (κ1) is 20.0. The second-order valence-electron chi connectivity index (χ2n) is 7.61. The molecule has 5 heteroatoms. The third-order valence-corrected chi connectivity index (χ3v) is 5.66. The number of hydrogen-bond donors (Lipinski definition) is 0. The molecule has 30 heavy (non-hydrogen) atoms. The van der Waals surface area contributed by atoms with Gasteiger partial charge in [-0.15, -0.1) is 0 Å². The minimum Gasteiger partial charge on any atom is -0.497 e.